The molecule has 0 amide bonds. The van der Waals surface area contributed by atoms with Gasteiger partial charge >= 0.3 is 0 Å². The molecule has 108 valence electrons. The van der Waals surface area contributed by atoms with E-state index >= 15 is 0 Å². The monoisotopic (exact) mass is 283 g/mol. The second-order valence-corrected chi connectivity index (χ2v) is 7.42. The second kappa shape index (κ2) is 6.55. The average molecular weight is 283 g/mol. The van der Waals surface area contributed by atoms with E-state index in [0.29, 0.717) is 6.04 Å². The molecule has 2 rings (SSSR count). The summed E-state index contributed by atoms with van der Waals surface area (Å²) in [6, 6.07) is 0.582. The molecule has 1 aromatic heterocycles. The Labute approximate surface area is 118 Å². The second-order valence-electron chi connectivity index (χ2n) is 5.62. The lowest BCUT2D eigenvalue weighted by atomic mass is 10.2. The summed E-state index contributed by atoms with van der Waals surface area (Å²) in [4.78, 5) is 4.57. The molecule has 0 saturated heterocycles. The van der Waals surface area contributed by atoms with E-state index in [2.05, 4.69) is 21.1 Å². The quantitative estimate of drug-likeness (QED) is 0.873. The average Bonchev–Trinajstić information content (AvgIpc) is 2.96. The highest BCUT2D eigenvalue weighted by Gasteiger charge is 2.17. The minimum absolute atomic E-state index is 0.238. The summed E-state index contributed by atoms with van der Waals surface area (Å²) in [5.41, 5.74) is 1.05. The number of imidazole rings is 1. The Balaban J connectivity index is 1.97. The lowest BCUT2D eigenvalue weighted by molar-refractivity contribution is 0.615. The molecule has 1 fully saturated rings. The van der Waals surface area contributed by atoms with Gasteiger partial charge in [0.15, 0.2) is 0 Å². The van der Waals surface area contributed by atoms with Crippen LogP contribution in [0.4, 0.5) is 5.95 Å². The van der Waals surface area contributed by atoms with Gasteiger partial charge in [0.2, 0.25) is 5.95 Å². The van der Waals surface area contributed by atoms with Crippen LogP contribution in [0.3, 0.4) is 0 Å². The summed E-state index contributed by atoms with van der Waals surface area (Å²) in [6.45, 7) is 4.96. The fourth-order valence-electron chi connectivity index (χ4n) is 2.57. The number of nitrogens with zero attached hydrogens (tertiary/aromatic N) is 2. The van der Waals surface area contributed by atoms with Crippen molar-refractivity contribution in [2.24, 2.45) is 0 Å². The van der Waals surface area contributed by atoms with Crippen LogP contribution in [0, 0.1) is 6.92 Å². The van der Waals surface area contributed by atoms with Gasteiger partial charge in [0.05, 0.1) is 5.69 Å². The highest BCUT2D eigenvalue weighted by Crippen LogP contribution is 2.22. The molecule has 0 bridgehead atoms. The summed E-state index contributed by atoms with van der Waals surface area (Å²) in [6.07, 6.45) is 9.94. The van der Waals surface area contributed by atoms with Crippen LogP contribution in [-0.2, 0) is 17.3 Å². The van der Waals surface area contributed by atoms with Gasteiger partial charge in [-0.05, 0) is 26.2 Å². The van der Waals surface area contributed by atoms with Gasteiger partial charge in [-0.1, -0.05) is 19.8 Å². The fourth-order valence-corrected chi connectivity index (χ4v) is 3.01. The third kappa shape index (κ3) is 4.06. The summed E-state index contributed by atoms with van der Waals surface area (Å²) in [7, 11) is -0.742. The van der Waals surface area contributed by atoms with E-state index in [0.717, 1.165) is 24.6 Å². The van der Waals surface area contributed by atoms with E-state index in [1.54, 1.807) is 6.26 Å². The molecule has 1 aromatic rings. The Bertz CT molecular complexity index is 438. The van der Waals surface area contributed by atoms with Crippen LogP contribution in [-0.4, -0.2) is 31.3 Å². The number of aryl methyl sites for hydroxylation is 2. The molecule has 2 atom stereocenters. The first-order valence-corrected chi connectivity index (χ1v) is 8.81. The Hall–Kier alpha value is -0.840. The molecule has 1 saturated carbocycles. The Morgan fingerprint density at radius 3 is 2.84 bits per heavy atom. The number of anilines is 1. The summed E-state index contributed by atoms with van der Waals surface area (Å²) < 4.78 is 13.6. The van der Waals surface area contributed by atoms with Crippen molar-refractivity contribution in [3.63, 3.8) is 0 Å². The van der Waals surface area contributed by atoms with Crippen LogP contribution in [0.25, 0.3) is 0 Å². The van der Waals surface area contributed by atoms with E-state index in [1.807, 2.05) is 13.8 Å². The third-order valence-electron chi connectivity index (χ3n) is 3.93. The Kier molecular flexibility index (Phi) is 5.02. The van der Waals surface area contributed by atoms with Crippen molar-refractivity contribution in [2.45, 2.75) is 63.8 Å². The zero-order valence-corrected chi connectivity index (χ0v) is 13.0. The van der Waals surface area contributed by atoms with E-state index in [9.17, 15) is 4.21 Å². The van der Waals surface area contributed by atoms with E-state index in [-0.39, 0.29) is 5.25 Å². The maximum absolute atomic E-state index is 11.4. The van der Waals surface area contributed by atoms with Crippen molar-refractivity contribution < 1.29 is 4.21 Å². The molecular formula is C14H25N3OS. The maximum Gasteiger partial charge on any atom is 0.203 e. The van der Waals surface area contributed by atoms with E-state index < -0.39 is 10.8 Å². The highest BCUT2D eigenvalue weighted by molar-refractivity contribution is 7.84. The van der Waals surface area contributed by atoms with Crippen molar-refractivity contribution in [2.75, 3.05) is 11.6 Å². The zero-order chi connectivity index (χ0) is 13.8. The Morgan fingerprint density at radius 1 is 1.53 bits per heavy atom. The first-order valence-electron chi connectivity index (χ1n) is 7.19. The van der Waals surface area contributed by atoms with Gasteiger partial charge in [0, 0.05) is 41.1 Å². The third-order valence-corrected chi connectivity index (χ3v) is 5.30. The van der Waals surface area contributed by atoms with Crippen LogP contribution in [0.1, 0.15) is 44.7 Å². The SMILES string of the molecule is Cc1cn(CCC(C)S(C)=O)c(NC2CCCC2)n1. The predicted molar refractivity (Wildman–Crippen MR) is 81.0 cm³/mol. The molecular weight excluding hydrogens is 258 g/mol. The lowest BCUT2D eigenvalue weighted by Crippen LogP contribution is -2.19. The van der Waals surface area contributed by atoms with Gasteiger partial charge in [0.1, 0.15) is 0 Å². The molecule has 1 N–H and O–H groups in total. The topological polar surface area (TPSA) is 46.9 Å². The number of hydrogen-bond donors (Lipinski definition) is 1. The number of aromatic nitrogens is 2. The molecule has 1 heterocycles. The molecule has 0 aliphatic heterocycles. The van der Waals surface area contributed by atoms with Crippen molar-refractivity contribution in [3.8, 4) is 0 Å². The normalized spacial score (nSPS) is 19.5. The summed E-state index contributed by atoms with van der Waals surface area (Å²) >= 11 is 0. The lowest BCUT2D eigenvalue weighted by Gasteiger charge is -2.15. The number of hydrogen-bond acceptors (Lipinski definition) is 3. The van der Waals surface area contributed by atoms with Crippen LogP contribution in [0.2, 0.25) is 0 Å². The minimum atomic E-state index is -0.742. The van der Waals surface area contributed by atoms with Crippen LogP contribution < -0.4 is 5.32 Å². The van der Waals surface area contributed by atoms with E-state index in [4.69, 9.17) is 0 Å². The van der Waals surface area contributed by atoms with Gasteiger partial charge in [-0.25, -0.2) is 4.98 Å². The van der Waals surface area contributed by atoms with Crippen molar-refractivity contribution in [3.05, 3.63) is 11.9 Å². The van der Waals surface area contributed by atoms with E-state index in [1.165, 1.54) is 25.7 Å². The van der Waals surface area contributed by atoms with Gasteiger partial charge < -0.3 is 9.88 Å². The van der Waals surface area contributed by atoms with Gasteiger partial charge in [0.25, 0.3) is 0 Å². The first-order chi connectivity index (χ1) is 9.06. The molecule has 0 radical (unpaired) electrons. The smallest absolute Gasteiger partial charge is 0.203 e. The van der Waals surface area contributed by atoms with Gasteiger partial charge in [-0.15, -0.1) is 0 Å². The largest absolute Gasteiger partial charge is 0.353 e. The number of nitrogens with one attached hydrogen (secondary N) is 1. The van der Waals surface area contributed by atoms with Gasteiger partial charge in [-0.2, -0.15) is 0 Å². The molecule has 2 unspecified atom stereocenters. The van der Waals surface area contributed by atoms with Crippen LogP contribution in [0.15, 0.2) is 6.20 Å². The maximum atomic E-state index is 11.4. The number of rotatable bonds is 6. The fraction of sp³-hybridized carbons (Fsp3) is 0.786. The predicted octanol–water partition coefficient (Wildman–Crippen LogP) is 2.70. The molecule has 0 aromatic carbocycles. The molecule has 4 nitrogen and oxygen atoms in total. The molecule has 1 aliphatic carbocycles. The summed E-state index contributed by atoms with van der Waals surface area (Å²) in [5, 5.41) is 3.80. The molecule has 1 aliphatic rings. The molecule has 5 heteroatoms. The minimum Gasteiger partial charge on any atom is -0.353 e. The zero-order valence-electron chi connectivity index (χ0n) is 12.2. The van der Waals surface area contributed by atoms with Crippen molar-refractivity contribution in [1.82, 2.24) is 9.55 Å². The van der Waals surface area contributed by atoms with Gasteiger partial charge in [-0.3, -0.25) is 4.21 Å². The molecule has 19 heavy (non-hydrogen) atoms. The summed E-state index contributed by atoms with van der Waals surface area (Å²) in [5.74, 6) is 0.985. The standard InChI is InChI=1S/C14H25N3OS/c1-11-10-17(9-8-12(2)19(3)18)14(15-11)16-13-6-4-5-7-13/h10,12-13H,4-9H2,1-3H3,(H,15,16). The van der Waals surface area contributed by atoms with Crippen molar-refractivity contribution >= 4 is 16.7 Å². The van der Waals surface area contributed by atoms with Crippen LogP contribution >= 0.6 is 0 Å². The first kappa shape index (κ1) is 14.6. The van der Waals surface area contributed by atoms with Crippen LogP contribution in [0.5, 0.6) is 0 Å². The molecule has 0 spiro atoms. The Morgan fingerprint density at radius 2 is 2.21 bits per heavy atom. The van der Waals surface area contributed by atoms with Crippen molar-refractivity contribution in [1.29, 1.82) is 0 Å². The highest BCUT2D eigenvalue weighted by atomic mass is 32.2.